The standard InChI is InChI=1S/C10H16O3/c1-6(2)4-5-8-7(3)9(11)10(12)13-8/h4,7-9,11H,5H2,1-3H3/t7-,8-,9+/m0/s1. The van der Waals surface area contributed by atoms with Crippen molar-refractivity contribution in [2.45, 2.75) is 39.4 Å². The lowest BCUT2D eigenvalue weighted by molar-refractivity contribution is -0.147. The summed E-state index contributed by atoms with van der Waals surface area (Å²) in [4.78, 5) is 10.9. The zero-order valence-corrected chi connectivity index (χ0v) is 8.28. The monoisotopic (exact) mass is 184 g/mol. The fraction of sp³-hybridized carbons (Fsp3) is 0.700. The molecule has 1 heterocycles. The van der Waals surface area contributed by atoms with Crippen molar-refractivity contribution in [2.24, 2.45) is 5.92 Å². The fourth-order valence-electron chi connectivity index (χ4n) is 1.36. The van der Waals surface area contributed by atoms with E-state index in [1.807, 2.05) is 26.8 Å². The number of allylic oxidation sites excluding steroid dienone is 1. The zero-order valence-electron chi connectivity index (χ0n) is 8.28. The van der Waals surface area contributed by atoms with Crippen molar-refractivity contribution in [3.8, 4) is 0 Å². The van der Waals surface area contributed by atoms with Crippen LogP contribution >= 0.6 is 0 Å². The van der Waals surface area contributed by atoms with Crippen LogP contribution in [-0.2, 0) is 9.53 Å². The summed E-state index contributed by atoms with van der Waals surface area (Å²) in [5, 5.41) is 9.31. The van der Waals surface area contributed by atoms with Crippen LogP contribution in [0.3, 0.4) is 0 Å². The van der Waals surface area contributed by atoms with Gasteiger partial charge < -0.3 is 9.84 Å². The Bertz CT molecular complexity index is 228. The van der Waals surface area contributed by atoms with E-state index in [1.54, 1.807) is 0 Å². The molecule has 1 rings (SSSR count). The molecule has 0 unspecified atom stereocenters. The molecule has 3 atom stereocenters. The highest BCUT2D eigenvalue weighted by Crippen LogP contribution is 2.25. The maximum atomic E-state index is 10.9. The predicted molar refractivity (Wildman–Crippen MR) is 49.1 cm³/mol. The molecule has 1 N–H and O–H groups in total. The molecule has 1 aliphatic heterocycles. The highest BCUT2D eigenvalue weighted by atomic mass is 16.6. The molecule has 74 valence electrons. The second kappa shape index (κ2) is 3.92. The van der Waals surface area contributed by atoms with Gasteiger partial charge in [0.15, 0.2) is 6.10 Å². The summed E-state index contributed by atoms with van der Waals surface area (Å²) >= 11 is 0. The minimum absolute atomic E-state index is 0.0944. The SMILES string of the molecule is CC(C)=CC[C@@H]1OC(=O)[C@H](O)[C@H]1C. The summed E-state index contributed by atoms with van der Waals surface area (Å²) in [5.41, 5.74) is 1.20. The van der Waals surface area contributed by atoms with Crippen LogP contribution in [0.4, 0.5) is 0 Å². The maximum absolute atomic E-state index is 10.9. The van der Waals surface area contributed by atoms with Gasteiger partial charge in [-0.2, -0.15) is 0 Å². The number of hydrogen-bond donors (Lipinski definition) is 1. The first-order valence-corrected chi connectivity index (χ1v) is 4.54. The molecule has 13 heavy (non-hydrogen) atoms. The second-order valence-electron chi connectivity index (χ2n) is 3.80. The number of carbonyl (C=O) groups is 1. The van der Waals surface area contributed by atoms with E-state index < -0.39 is 12.1 Å². The number of hydrogen-bond acceptors (Lipinski definition) is 3. The van der Waals surface area contributed by atoms with Crippen LogP contribution in [0.2, 0.25) is 0 Å². The van der Waals surface area contributed by atoms with Gasteiger partial charge in [0, 0.05) is 12.3 Å². The normalized spacial score (nSPS) is 32.9. The van der Waals surface area contributed by atoms with Gasteiger partial charge in [-0.05, 0) is 13.8 Å². The first-order valence-electron chi connectivity index (χ1n) is 4.54. The van der Waals surface area contributed by atoms with Crippen LogP contribution in [0.15, 0.2) is 11.6 Å². The number of aliphatic hydroxyl groups is 1. The Hall–Kier alpha value is -0.830. The quantitative estimate of drug-likeness (QED) is 0.519. The van der Waals surface area contributed by atoms with Gasteiger partial charge in [0.2, 0.25) is 0 Å². The molecule has 3 nitrogen and oxygen atoms in total. The largest absolute Gasteiger partial charge is 0.460 e. The molecule has 0 aromatic rings. The molecule has 0 spiro atoms. The summed E-state index contributed by atoms with van der Waals surface area (Å²) in [6, 6.07) is 0. The van der Waals surface area contributed by atoms with Crippen LogP contribution in [-0.4, -0.2) is 23.3 Å². The third-order valence-corrected chi connectivity index (χ3v) is 2.35. The molecule has 0 radical (unpaired) electrons. The minimum Gasteiger partial charge on any atom is -0.460 e. The van der Waals surface area contributed by atoms with Gasteiger partial charge in [-0.15, -0.1) is 0 Å². The molecule has 1 fully saturated rings. The Morgan fingerprint density at radius 1 is 1.62 bits per heavy atom. The van der Waals surface area contributed by atoms with Crippen LogP contribution < -0.4 is 0 Å². The van der Waals surface area contributed by atoms with E-state index in [1.165, 1.54) is 5.57 Å². The highest BCUT2D eigenvalue weighted by Gasteiger charge is 2.39. The average molecular weight is 184 g/mol. The average Bonchev–Trinajstić information content (AvgIpc) is 2.29. The topological polar surface area (TPSA) is 46.5 Å². The van der Waals surface area contributed by atoms with Gasteiger partial charge in [0.1, 0.15) is 6.10 Å². The number of ether oxygens (including phenoxy) is 1. The molecule has 3 heteroatoms. The molecule has 0 aromatic heterocycles. The lowest BCUT2D eigenvalue weighted by Crippen LogP contribution is -2.21. The lowest BCUT2D eigenvalue weighted by atomic mass is 9.98. The van der Waals surface area contributed by atoms with Crippen molar-refractivity contribution in [1.82, 2.24) is 0 Å². The van der Waals surface area contributed by atoms with Gasteiger partial charge in [-0.25, -0.2) is 4.79 Å². The number of carbonyl (C=O) groups excluding carboxylic acids is 1. The minimum atomic E-state index is -0.935. The van der Waals surface area contributed by atoms with Crippen LogP contribution in [0, 0.1) is 5.92 Å². The van der Waals surface area contributed by atoms with Crippen molar-refractivity contribution < 1.29 is 14.6 Å². The molecule has 1 aliphatic rings. The van der Waals surface area contributed by atoms with E-state index in [0.717, 1.165) is 0 Å². The molecular weight excluding hydrogens is 168 g/mol. The summed E-state index contributed by atoms with van der Waals surface area (Å²) in [6.45, 7) is 5.83. The van der Waals surface area contributed by atoms with Gasteiger partial charge in [0.05, 0.1) is 0 Å². The summed E-state index contributed by atoms with van der Waals surface area (Å²) < 4.78 is 5.00. The van der Waals surface area contributed by atoms with Gasteiger partial charge in [0.25, 0.3) is 0 Å². The van der Waals surface area contributed by atoms with E-state index >= 15 is 0 Å². The van der Waals surface area contributed by atoms with Gasteiger partial charge in [-0.1, -0.05) is 18.6 Å². The van der Waals surface area contributed by atoms with Crippen molar-refractivity contribution in [3.63, 3.8) is 0 Å². The summed E-state index contributed by atoms with van der Waals surface area (Å²) in [7, 11) is 0. The van der Waals surface area contributed by atoms with E-state index in [9.17, 15) is 9.90 Å². The van der Waals surface area contributed by atoms with Crippen LogP contribution in [0.1, 0.15) is 27.2 Å². The Morgan fingerprint density at radius 3 is 2.62 bits per heavy atom. The second-order valence-corrected chi connectivity index (χ2v) is 3.80. The lowest BCUT2D eigenvalue weighted by Gasteiger charge is -2.11. The molecule has 0 aliphatic carbocycles. The molecule has 0 amide bonds. The van der Waals surface area contributed by atoms with E-state index in [0.29, 0.717) is 6.42 Å². The van der Waals surface area contributed by atoms with Gasteiger partial charge in [-0.3, -0.25) is 0 Å². The Labute approximate surface area is 78.4 Å². The van der Waals surface area contributed by atoms with Crippen LogP contribution in [0.25, 0.3) is 0 Å². The molecule has 1 saturated heterocycles. The summed E-state index contributed by atoms with van der Waals surface area (Å²) in [5.74, 6) is -0.581. The zero-order chi connectivity index (χ0) is 10.0. The van der Waals surface area contributed by atoms with E-state index in [2.05, 4.69) is 0 Å². The Morgan fingerprint density at radius 2 is 2.23 bits per heavy atom. The Kier molecular flexibility index (Phi) is 3.09. The van der Waals surface area contributed by atoms with E-state index in [-0.39, 0.29) is 12.0 Å². The maximum Gasteiger partial charge on any atom is 0.335 e. The smallest absolute Gasteiger partial charge is 0.335 e. The number of cyclic esters (lactones) is 1. The predicted octanol–water partition coefficient (Wildman–Crippen LogP) is 1.27. The number of esters is 1. The fourth-order valence-corrected chi connectivity index (χ4v) is 1.36. The highest BCUT2D eigenvalue weighted by molar-refractivity contribution is 5.77. The summed E-state index contributed by atoms with van der Waals surface area (Å²) in [6.07, 6.45) is 1.63. The number of aliphatic hydroxyl groups excluding tert-OH is 1. The van der Waals surface area contributed by atoms with Crippen molar-refractivity contribution in [1.29, 1.82) is 0 Å². The molecule has 0 aromatic carbocycles. The first kappa shape index (κ1) is 10.3. The van der Waals surface area contributed by atoms with Crippen molar-refractivity contribution in [3.05, 3.63) is 11.6 Å². The Balaban J connectivity index is 2.54. The van der Waals surface area contributed by atoms with Gasteiger partial charge >= 0.3 is 5.97 Å². The van der Waals surface area contributed by atoms with E-state index in [4.69, 9.17) is 4.74 Å². The van der Waals surface area contributed by atoms with Crippen molar-refractivity contribution >= 4 is 5.97 Å². The molecule has 0 bridgehead atoms. The number of rotatable bonds is 2. The molecule has 0 saturated carbocycles. The van der Waals surface area contributed by atoms with Crippen molar-refractivity contribution in [2.75, 3.05) is 0 Å². The first-order chi connectivity index (χ1) is 6.02. The third-order valence-electron chi connectivity index (χ3n) is 2.35. The molecular formula is C10H16O3. The van der Waals surface area contributed by atoms with Crippen LogP contribution in [0.5, 0.6) is 0 Å². The third kappa shape index (κ3) is 2.31.